The van der Waals surface area contributed by atoms with Crippen molar-refractivity contribution in [2.45, 2.75) is 25.8 Å². The van der Waals surface area contributed by atoms with Crippen molar-refractivity contribution >= 4 is 40.1 Å². The molecule has 7 rings (SSSR count). The summed E-state index contributed by atoms with van der Waals surface area (Å²) in [6.45, 7) is 5.00. The van der Waals surface area contributed by atoms with Crippen LogP contribution >= 0.6 is 0 Å². The van der Waals surface area contributed by atoms with Crippen LogP contribution in [0, 0.1) is 0 Å². The minimum absolute atomic E-state index is 0.0102. The highest BCUT2D eigenvalue weighted by Gasteiger charge is 2.28. The van der Waals surface area contributed by atoms with Gasteiger partial charge in [-0.1, -0.05) is 12.2 Å². The van der Waals surface area contributed by atoms with Gasteiger partial charge < -0.3 is 19.9 Å². The molecule has 0 saturated carbocycles. The number of rotatable bonds is 3. The molecule has 0 spiro atoms. The Morgan fingerprint density at radius 2 is 1.74 bits per heavy atom. The quantitative estimate of drug-likeness (QED) is 0.373. The topological polar surface area (TPSA) is 114 Å². The van der Waals surface area contributed by atoms with Gasteiger partial charge in [-0.15, -0.1) is 0 Å². The van der Waals surface area contributed by atoms with Crippen LogP contribution in [0.3, 0.4) is 0 Å². The van der Waals surface area contributed by atoms with Crippen molar-refractivity contribution in [2.75, 3.05) is 61.5 Å². The zero-order valence-electron chi connectivity index (χ0n) is 23.6. The maximum atomic E-state index is 13.6. The van der Waals surface area contributed by atoms with Gasteiger partial charge >= 0.3 is 0 Å². The predicted octanol–water partition coefficient (Wildman–Crippen LogP) is 2.94. The highest BCUT2D eigenvalue weighted by molar-refractivity contribution is 5.96. The molecule has 1 N–H and O–H groups in total. The molecule has 4 aromatic rings. The third kappa shape index (κ3) is 4.87. The van der Waals surface area contributed by atoms with E-state index < -0.39 is 0 Å². The van der Waals surface area contributed by atoms with Crippen molar-refractivity contribution in [1.82, 2.24) is 29.2 Å². The number of hydrogen-bond donors (Lipinski definition) is 1. The molecule has 3 aliphatic heterocycles. The number of benzene rings is 1. The number of pyridine rings is 1. The second-order valence-corrected chi connectivity index (χ2v) is 10.9. The largest absolute Gasteiger partial charge is 0.480 e. The molecule has 1 saturated heterocycles. The summed E-state index contributed by atoms with van der Waals surface area (Å²) < 4.78 is 8.99. The molecule has 12 nitrogen and oxygen atoms in total. The fourth-order valence-electron chi connectivity index (χ4n) is 5.68. The van der Waals surface area contributed by atoms with E-state index in [0.717, 1.165) is 51.1 Å². The Labute approximate surface area is 242 Å². The molecule has 0 atom stereocenters. The molecule has 1 fully saturated rings. The van der Waals surface area contributed by atoms with Crippen molar-refractivity contribution in [3.8, 4) is 11.6 Å². The number of ether oxygens (including phenoxy) is 1. The Morgan fingerprint density at radius 3 is 2.57 bits per heavy atom. The highest BCUT2D eigenvalue weighted by atomic mass is 16.5. The van der Waals surface area contributed by atoms with Crippen LogP contribution in [0.25, 0.3) is 16.9 Å². The normalized spacial score (nSPS) is 18.5. The van der Waals surface area contributed by atoms with Crippen LogP contribution in [0.15, 0.2) is 59.5 Å². The van der Waals surface area contributed by atoms with Crippen molar-refractivity contribution in [2.24, 2.45) is 0 Å². The van der Waals surface area contributed by atoms with Crippen molar-refractivity contribution < 1.29 is 9.53 Å². The van der Waals surface area contributed by atoms with E-state index in [9.17, 15) is 9.59 Å². The van der Waals surface area contributed by atoms with Crippen LogP contribution in [0.1, 0.15) is 19.3 Å². The van der Waals surface area contributed by atoms with E-state index in [2.05, 4.69) is 45.4 Å². The lowest BCUT2D eigenvalue weighted by atomic mass is 10.2. The third-order valence-corrected chi connectivity index (χ3v) is 8.06. The van der Waals surface area contributed by atoms with Crippen LogP contribution < -0.4 is 25.4 Å². The van der Waals surface area contributed by atoms with Crippen molar-refractivity contribution in [3.05, 3.63) is 65.1 Å². The zero-order valence-corrected chi connectivity index (χ0v) is 23.6. The standard InChI is InChI=1S/C30H33N9O3/c1-35-15-17-36(18-16-35)22-9-7-21(8-10-22)32-30-31-19-23-27(34-30)39-25-12-11-24-28(33-25)37(26(40)20-42-24)13-5-3-2-4-6-14-38(39)29(23)41/h4,6-12,19H,2-3,5,13-18,20H2,1H3,(H,31,32,34)/b6-4+. The number of fused-ring (bicyclic) bond motifs is 5. The zero-order chi connectivity index (χ0) is 28.6. The molecule has 42 heavy (non-hydrogen) atoms. The van der Waals surface area contributed by atoms with Gasteiger partial charge in [-0.25, -0.2) is 19.3 Å². The van der Waals surface area contributed by atoms with E-state index in [1.54, 1.807) is 32.6 Å². The average molecular weight is 568 g/mol. The number of carbonyl (C=O) groups excluding carboxylic acids is 1. The number of amides is 1. The number of anilines is 4. The maximum Gasteiger partial charge on any atom is 0.278 e. The number of aromatic nitrogens is 5. The van der Waals surface area contributed by atoms with Crippen molar-refractivity contribution in [3.63, 3.8) is 0 Å². The molecule has 1 aromatic carbocycles. The number of hydrogen-bond acceptors (Lipinski definition) is 9. The molecule has 6 heterocycles. The second-order valence-electron chi connectivity index (χ2n) is 10.9. The number of likely N-dealkylation sites (N-methyl/N-ethyl adjacent to an activating group) is 1. The number of nitrogens with zero attached hydrogens (tertiary/aromatic N) is 8. The third-order valence-electron chi connectivity index (χ3n) is 8.06. The molecule has 0 unspecified atom stereocenters. The SMILES string of the molecule is CN1CCN(c2ccc(Nc3ncc4c(=O)n5n(c4n3)-c3ccc4c(n3)N(CCCC/C=C/C5)C(=O)CO4)cc2)CC1. The minimum atomic E-state index is -0.212. The molecule has 3 aliphatic rings. The maximum absolute atomic E-state index is 13.6. The van der Waals surface area contributed by atoms with E-state index in [-0.39, 0.29) is 18.1 Å². The summed E-state index contributed by atoms with van der Waals surface area (Å²) >= 11 is 0. The first kappa shape index (κ1) is 26.2. The molecule has 1 amide bonds. The van der Waals surface area contributed by atoms with Crippen LogP contribution in [0.5, 0.6) is 5.75 Å². The van der Waals surface area contributed by atoms with E-state index in [4.69, 9.17) is 14.7 Å². The minimum Gasteiger partial charge on any atom is -0.480 e. The summed E-state index contributed by atoms with van der Waals surface area (Å²) in [6.07, 6.45) is 8.24. The van der Waals surface area contributed by atoms with E-state index >= 15 is 0 Å². The molecule has 12 heteroatoms. The summed E-state index contributed by atoms with van der Waals surface area (Å²) in [5.74, 6) is 1.73. The van der Waals surface area contributed by atoms with E-state index in [0.29, 0.717) is 47.5 Å². The summed E-state index contributed by atoms with van der Waals surface area (Å²) in [4.78, 5) is 46.8. The first-order valence-electron chi connectivity index (χ1n) is 14.4. The number of allylic oxidation sites excluding steroid dienone is 2. The van der Waals surface area contributed by atoms with Gasteiger partial charge in [0, 0.05) is 50.3 Å². The summed E-state index contributed by atoms with van der Waals surface area (Å²) in [7, 11) is 2.15. The van der Waals surface area contributed by atoms with Gasteiger partial charge in [-0.2, -0.15) is 4.98 Å². The predicted molar refractivity (Wildman–Crippen MR) is 161 cm³/mol. The van der Waals surface area contributed by atoms with Gasteiger partial charge in [0.05, 0.1) is 6.54 Å². The molecule has 3 aromatic heterocycles. The monoisotopic (exact) mass is 567 g/mol. The Hall–Kier alpha value is -4.71. The van der Waals surface area contributed by atoms with E-state index in [1.165, 1.54) is 5.69 Å². The molecular weight excluding hydrogens is 534 g/mol. The first-order valence-corrected chi connectivity index (χ1v) is 14.4. The lowest BCUT2D eigenvalue weighted by Crippen LogP contribution is -2.44. The second kappa shape index (κ2) is 10.9. The first-order chi connectivity index (χ1) is 20.5. The number of nitrogens with one attached hydrogen (secondary N) is 1. The fraction of sp³-hybridized carbons (Fsp3) is 0.367. The summed E-state index contributed by atoms with van der Waals surface area (Å²) in [5, 5.41) is 3.68. The number of carbonyl (C=O) groups is 1. The Balaban J connectivity index is 1.26. The Bertz CT molecular complexity index is 1720. The molecule has 2 bridgehead atoms. The van der Waals surface area contributed by atoms with Crippen LogP contribution in [0.4, 0.5) is 23.1 Å². The Kier molecular flexibility index (Phi) is 6.82. The highest BCUT2D eigenvalue weighted by Crippen LogP contribution is 2.32. The summed E-state index contributed by atoms with van der Waals surface area (Å²) in [5.41, 5.74) is 2.25. The molecular formula is C30H33N9O3. The Morgan fingerprint density at radius 1 is 0.905 bits per heavy atom. The smallest absolute Gasteiger partial charge is 0.278 e. The molecule has 0 aliphatic carbocycles. The fourth-order valence-corrected chi connectivity index (χ4v) is 5.68. The number of piperazine rings is 1. The average Bonchev–Trinajstić information content (AvgIpc) is 3.28. The van der Waals surface area contributed by atoms with Gasteiger partial charge in [0.2, 0.25) is 5.95 Å². The van der Waals surface area contributed by atoms with Crippen LogP contribution in [0.2, 0.25) is 0 Å². The van der Waals surface area contributed by atoms with E-state index in [1.807, 2.05) is 18.2 Å². The van der Waals surface area contributed by atoms with Crippen LogP contribution in [-0.2, 0) is 11.3 Å². The van der Waals surface area contributed by atoms with Gasteiger partial charge in [-0.3, -0.25) is 14.5 Å². The van der Waals surface area contributed by atoms with Gasteiger partial charge in [-0.05, 0) is 62.7 Å². The lowest BCUT2D eigenvalue weighted by Gasteiger charge is -2.34. The van der Waals surface area contributed by atoms with Gasteiger partial charge in [0.15, 0.2) is 29.6 Å². The molecule has 0 radical (unpaired) electrons. The molecule has 216 valence electrons. The van der Waals surface area contributed by atoms with Crippen molar-refractivity contribution in [1.29, 1.82) is 0 Å². The lowest BCUT2D eigenvalue weighted by molar-refractivity contribution is -0.121. The summed E-state index contributed by atoms with van der Waals surface area (Å²) in [6, 6.07) is 11.8. The van der Waals surface area contributed by atoms with Gasteiger partial charge in [0.1, 0.15) is 5.39 Å². The van der Waals surface area contributed by atoms with Gasteiger partial charge in [0.25, 0.3) is 11.5 Å². The van der Waals surface area contributed by atoms with Crippen LogP contribution in [-0.4, -0.2) is 81.5 Å².